The number of aromatic nitrogens is 3. The van der Waals surface area contributed by atoms with Gasteiger partial charge in [0.2, 0.25) is 0 Å². The summed E-state index contributed by atoms with van der Waals surface area (Å²) in [6.07, 6.45) is 21.7. The summed E-state index contributed by atoms with van der Waals surface area (Å²) in [4.78, 5) is 9.76. The zero-order chi connectivity index (χ0) is 33.6. The second-order valence-electron chi connectivity index (χ2n) is 12.9. The Morgan fingerprint density at radius 3 is 1.96 bits per heavy atom. The Morgan fingerprint density at radius 1 is 0.760 bits per heavy atom. The third kappa shape index (κ3) is 4.75. The van der Waals surface area contributed by atoms with E-state index in [0.29, 0.717) is 6.42 Å². The predicted octanol–water partition coefficient (Wildman–Crippen LogP) is 10.4. The van der Waals surface area contributed by atoms with Crippen LogP contribution in [0, 0.1) is 12.3 Å². The zero-order valence-corrected chi connectivity index (χ0v) is 28.1. The molecule has 0 saturated heterocycles. The molecule has 1 aliphatic carbocycles. The molecule has 4 aromatic carbocycles. The van der Waals surface area contributed by atoms with Gasteiger partial charge in [0.1, 0.15) is 0 Å². The fourth-order valence-corrected chi connectivity index (χ4v) is 8.07. The smallest absolute Gasteiger partial charge is 0.0666 e. The maximum absolute atomic E-state index is 6.05. The molecule has 9 rings (SSSR count). The Balaban J connectivity index is 1.13. The van der Waals surface area contributed by atoms with Gasteiger partial charge in [-0.15, -0.1) is 12.3 Å². The van der Waals surface area contributed by atoms with Crippen molar-refractivity contribution in [2.45, 2.75) is 26.2 Å². The number of nitrogens with zero attached hydrogens (tertiary/aromatic N) is 5. The fourth-order valence-electron chi connectivity index (χ4n) is 8.07. The third-order valence-electron chi connectivity index (χ3n) is 10.2. The van der Waals surface area contributed by atoms with E-state index in [-0.39, 0.29) is 0 Å². The van der Waals surface area contributed by atoms with E-state index < -0.39 is 0 Å². The summed E-state index contributed by atoms with van der Waals surface area (Å²) in [5.41, 5.74) is 11.7. The van der Waals surface area contributed by atoms with Crippen LogP contribution in [0.25, 0.3) is 55.0 Å². The first-order valence-electron chi connectivity index (χ1n) is 17.4. The Kier molecular flexibility index (Phi) is 7.36. The molecular weight excluding hydrogens is 611 g/mol. The largest absolute Gasteiger partial charge is 0.342 e. The lowest BCUT2D eigenvalue weighted by molar-refractivity contribution is 0.399. The minimum absolute atomic E-state index is 0.521. The number of allylic oxidation sites excluding steroid dienone is 6. The standard InChI is InChI=1S/C45H37N5/c1-3-15-33(49-40-20-9-5-16-36(40)37-17-6-10-21-41(37)49)28-32(4-2)47-26-27-48(45-25-14-13-24-44(45)47)34-29-35(31-46-30-34)50-42-22-11-7-18-38(42)39-19-8-12-23-43(39)50/h1,4-12,14,16-23,25,28-31H,13,15,24,26-27H2,2H3/b32-4+,33-28+. The third-order valence-corrected chi connectivity index (χ3v) is 10.2. The van der Waals surface area contributed by atoms with Gasteiger partial charge in [-0.25, -0.2) is 0 Å². The molecule has 4 heterocycles. The van der Waals surface area contributed by atoms with Crippen molar-refractivity contribution >= 4 is 55.0 Å². The van der Waals surface area contributed by atoms with Crippen molar-refractivity contribution in [3.8, 4) is 18.0 Å². The van der Waals surface area contributed by atoms with Crippen LogP contribution in [0.2, 0.25) is 0 Å². The molecule has 0 saturated carbocycles. The molecule has 0 bridgehead atoms. The SMILES string of the molecule is C#CC/C(=C\C(=C/C)N1CCN(c2cncc(-n3c4ccccc4c4ccccc43)c2)C2=C1CCC=C2)n1c2ccccc2c2ccccc21. The average molecular weight is 648 g/mol. The zero-order valence-electron chi connectivity index (χ0n) is 28.1. The van der Waals surface area contributed by atoms with Crippen molar-refractivity contribution in [2.24, 2.45) is 0 Å². The summed E-state index contributed by atoms with van der Waals surface area (Å²) in [6, 6.07) is 36.8. The molecular formula is C45H37N5. The predicted molar refractivity (Wildman–Crippen MR) is 209 cm³/mol. The first-order chi connectivity index (χ1) is 24.7. The van der Waals surface area contributed by atoms with E-state index in [1.54, 1.807) is 0 Å². The monoisotopic (exact) mass is 647 g/mol. The van der Waals surface area contributed by atoms with E-state index in [4.69, 9.17) is 11.4 Å². The van der Waals surface area contributed by atoms with Crippen molar-refractivity contribution in [1.29, 1.82) is 0 Å². The van der Waals surface area contributed by atoms with Gasteiger partial charge >= 0.3 is 0 Å². The summed E-state index contributed by atoms with van der Waals surface area (Å²) in [7, 11) is 0. The number of hydrogen-bond acceptors (Lipinski definition) is 3. The molecule has 0 fully saturated rings. The summed E-state index contributed by atoms with van der Waals surface area (Å²) in [5.74, 6) is 2.97. The van der Waals surface area contributed by atoms with Gasteiger partial charge in [-0.2, -0.15) is 0 Å². The quantitative estimate of drug-likeness (QED) is 0.133. The van der Waals surface area contributed by atoms with Gasteiger partial charge in [0.05, 0.1) is 51.5 Å². The van der Waals surface area contributed by atoms with Gasteiger partial charge in [-0.3, -0.25) is 4.98 Å². The highest BCUT2D eigenvalue weighted by molar-refractivity contribution is 6.10. The number of para-hydroxylation sites is 4. The van der Waals surface area contributed by atoms with Crippen molar-refractivity contribution in [1.82, 2.24) is 19.0 Å². The lowest BCUT2D eigenvalue weighted by Crippen LogP contribution is -2.41. The first-order valence-corrected chi connectivity index (χ1v) is 17.4. The van der Waals surface area contributed by atoms with E-state index in [2.05, 4.69) is 159 Å². The molecule has 0 atom stereocenters. The van der Waals surface area contributed by atoms with Crippen LogP contribution in [0.1, 0.15) is 26.2 Å². The van der Waals surface area contributed by atoms with Crippen LogP contribution in [0.5, 0.6) is 0 Å². The molecule has 2 aliphatic rings. The summed E-state index contributed by atoms with van der Waals surface area (Å²) in [6.45, 7) is 3.81. The van der Waals surface area contributed by atoms with Crippen molar-refractivity contribution in [3.63, 3.8) is 0 Å². The van der Waals surface area contributed by atoms with Crippen LogP contribution in [0.3, 0.4) is 0 Å². The van der Waals surface area contributed by atoms with E-state index in [0.717, 1.165) is 48.7 Å². The highest BCUT2D eigenvalue weighted by atomic mass is 15.3. The lowest BCUT2D eigenvalue weighted by atomic mass is 10.0. The van der Waals surface area contributed by atoms with Crippen LogP contribution >= 0.6 is 0 Å². The number of anilines is 1. The molecule has 242 valence electrons. The minimum atomic E-state index is 0.521. The van der Waals surface area contributed by atoms with E-state index in [1.165, 1.54) is 55.0 Å². The van der Waals surface area contributed by atoms with Gasteiger partial charge in [-0.05, 0) is 62.2 Å². The van der Waals surface area contributed by atoms with Crippen LogP contribution in [-0.2, 0) is 0 Å². The Bertz CT molecular complexity index is 2510. The van der Waals surface area contributed by atoms with Gasteiger partial charge in [-0.1, -0.05) is 84.9 Å². The van der Waals surface area contributed by atoms with Crippen molar-refractivity contribution < 1.29 is 0 Å². The van der Waals surface area contributed by atoms with Gasteiger partial charge < -0.3 is 18.9 Å². The number of fused-ring (bicyclic) bond motifs is 6. The van der Waals surface area contributed by atoms with E-state index in [9.17, 15) is 0 Å². The second-order valence-corrected chi connectivity index (χ2v) is 12.9. The molecule has 5 nitrogen and oxygen atoms in total. The van der Waals surface area contributed by atoms with Gasteiger partial charge in [0.25, 0.3) is 0 Å². The lowest BCUT2D eigenvalue weighted by Gasteiger charge is -2.42. The Morgan fingerprint density at radius 2 is 1.34 bits per heavy atom. The molecule has 0 N–H and O–H groups in total. The number of benzene rings is 4. The van der Waals surface area contributed by atoms with Crippen molar-refractivity contribution in [2.75, 3.05) is 18.0 Å². The number of rotatable bonds is 6. The normalized spacial score (nSPS) is 15.4. The summed E-state index contributed by atoms with van der Waals surface area (Å²) in [5, 5.41) is 4.97. The fraction of sp³-hybridized carbons (Fsp3) is 0.133. The van der Waals surface area contributed by atoms with Crippen molar-refractivity contribution in [3.05, 3.63) is 157 Å². The highest BCUT2D eigenvalue weighted by Gasteiger charge is 2.29. The molecule has 50 heavy (non-hydrogen) atoms. The first kappa shape index (κ1) is 29.9. The molecule has 0 unspecified atom stereocenters. The molecule has 0 spiro atoms. The number of terminal acetylenes is 1. The van der Waals surface area contributed by atoms with E-state index in [1.807, 2.05) is 12.4 Å². The molecule has 0 radical (unpaired) electrons. The van der Waals surface area contributed by atoms with Crippen LogP contribution in [0.4, 0.5) is 5.69 Å². The van der Waals surface area contributed by atoms with E-state index >= 15 is 0 Å². The number of hydrogen-bond donors (Lipinski definition) is 0. The summed E-state index contributed by atoms with van der Waals surface area (Å²) < 4.78 is 4.69. The Labute approximate surface area is 292 Å². The Hall–Kier alpha value is -6.25. The molecule has 1 aliphatic heterocycles. The maximum Gasteiger partial charge on any atom is 0.0666 e. The molecule has 7 aromatic rings. The maximum atomic E-state index is 6.05. The van der Waals surface area contributed by atoms with Gasteiger partial charge in [0, 0.05) is 58.1 Å². The van der Waals surface area contributed by atoms with Gasteiger partial charge in [0.15, 0.2) is 0 Å². The minimum Gasteiger partial charge on any atom is -0.342 e. The highest BCUT2D eigenvalue weighted by Crippen LogP contribution is 2.38. The molecule has 3 aromatic heterocycles. The second kappa shape index (κ2) is 12.3. The average Bonchev–Trinajstić information content (AvgIpc) is 3.69. The van der Waals surface area contributed by atoms with Crippen LogP contribution in [-0.4, -0.2) is 32.1 Å². The topological polar surface area (TPSA) is 29.2 Å². The van der Waals surface area contributed by atoms with Crippen LogP contribution in [0.15, 0.2) is 157 Å². The number of pyridine rings is 1. The molecule has 0 amide bonds. The summed E-state index contributed by atoms with van der Waals surface area (Å²) >= 11 is 0. The van der Waals surface area contributed by atoms with Crippen LogP contribution < -0.4 is 4.90 Å². The molecule has 5 heteroatoms.